The molecule has 6 nitrogen and oxygen atoms in total. The van der Waals surface area contributed by atoms with Crippen LogP contribution in [-0.2, 0) is 4.74 Å². The second-order valence-electron chi connectivity index (χ2n) is 3.76. The second kappa shape index (κ2) is 4.44. The zero-order chi connectivity index (χ0) is 11.5. The average Bonchev–Trinajstić information content (AvgIpc) is 2.29. The largest absolute Gasteiger partial charge is 0.382 e. The Labute approximate surface area is 93.4 Å². The molecule has 2 N–H and O–H groups in total. The molecule has 86 valence electrons. The van der Waals surface area contributed by atoms with Crippen LogP contribution in [0.4, 0.5) is 5.82 Å². The lowest BCUT2D eigenvalue weighted by Gasteiger charge is -2.30. The Morgan fingerprint density at radius 3 is 3.00 bits per heavy atom. The predicted octanol–water partition coefficient (Wildman–Crippen LogP) is -0.0803. The van der Waals surface area contributed by atoms with Crippen LogP contribution in [0.15, 0.2) is 12.4 Å². The summed E-state index contributed by atoms with van der Waals surface area (Å²) in [6.45, 7) is 3.68. The average molecular weight is 222 g/mol. The molecule has 2 rings (SSSR count). The number of nitrogens with two attached hydrogens (primary N) is 1. The van der Waals surface area contributed by atoms with Crippen molar-refractivity contribution < 1.29 is 9.53 Å². The van der Waals surface area contributed by atoms with Crippen molar-refractivity contribution in [1.82, 2.24) is 14.9 Å². The Hall–Kier alpha value is -1.69. The molecule has 1 atom stereocenters. The van der Waals surface area contributed by atoms with Crippen LogP contribution in [-0.4, -0.2) is 46.6 Å². The molecular weight excluding hydrogens is 208 g/mol. The van der Waals surface area contributed by atoms with E-state index in [0.29, 0.717) is 31.2 Å². The van der Waals surface area contributed by atoms with Crippen molar-refractivity contribution in [3.05, 3.63) is 18.1 Å². The third-order valence-corrected chi connectivity index (χ3v) is 2.42. The van der Waals surface area contributed by atoms with Gasteiger partial charge in [-0.2, -0.15) is 0 Å². The monoisotopic (exact) mass is 222 g/mol. The van der Waals surface area contributed by atoms with Gasteiger partial charge in [-0.3, -0.25) is 4.79 Å². The van der Waals surface area contributed by atoms with Crippen molar-refractivity contribution in [1.29, 1.82) is 0 Å². The molecule has 0 radical (unpaired) electrons. The highest BCUT2D eigenvalue weighted by molar-refractivity contribution is 5.92. The molecule has 0 spiro atoms. The first-order valence-corrected chi connectivity index (χ1v) is 5.15. The molecule has 1 aliphatic rings. The van der Waals surface area contributed by atoms with Gasteiger partial charge in [-0.05, 0) is 6.92 Å². The minimum Gasteiger partial charge on any atom is -0.382 e. The molecule has 2 heterocycles. The van der Waals surface area contributed by atoms with Gasteiger partial charge in [-0.1, -0.05) is 0 Å². The lowest BCUT2D eigenvalue weighted by atomic mass is 10.2. The third-order valence-electron chi connectivity index (χ3n) is 2.42. The smallest absolute Gasteiger partial charge is 0.274 e. The lowest BCUT2D eigenvalue weighted by Crippen LogP contribution is -2.44. The lowest BCUT2D eigenvalue weighted by molar-refractivity contribution is -0.0126. The van der Waals surface area contributed by atoms with E-state index < -0.39 is 0 Å². The summed E-state index contributed by atoms with van der Waals surface area (Å²) in [4.78, 5) is 21.5. The summed E-state index contributed by atoms with van der Waals surface area (Å²) in [6.07, 6.45) is 2.86. The Balaban J connectivity index is 2.09. The van der Waals surface area contributed by atoms with Crippen molar-refractivity contribution in [2.24, 2.45) is 0 Å². The molecule has 1 aromatic heterocycles. The molecule has 1 aliphatic heterocycles. The maximum absolute atomic E-state index is 12.0. The van der Waals surface area contributed by atoms with Crippen LogP contribution in [0.5, 0.6) is 0 Å². The first-order chi connectivity index (χ1) is 7.66. The zero-order valence-corrected chi connectivity index (χ0v) is 9.09. The summed E-state index contributed by atoms with van der Waals surface area (Å²) >= 11 is 0. The molecular formula is C10H14N4O2. The van der Waals surface area contributed by atoms with Crippen LogP contribution in [0, 0.1) is 0 Å². The summed E-state index contributed by atoms with van der Waals surface area (Å²) in [6, 6.07) is 0. The molecule has 0 bridgehead atoms. The van der Waals surface area contributed by atoms with Gasteiger partial charge in [0, 0.05) is 13.1 Å². The van der Waals surface area contributed by atoms with Crippen LogP contribution < -0.4 is 5.73 Å². The van der Waals surface area contributed by atoms with E-state index >= 15 is 0 Å². The number of nitrogen functional groups attached to an aromatic ring is 1. The van der Waals surface area contributed by atoms with E-state index in [1.807, 2.05) is 6.92 Å². The Morgan fingerprint density at radius 1 is 1.56 bits per heavy atom. The minimum absolute atomic E-state index is 0.0689. The molecule has 1 unspecified atom stereocenters. The predicted molar refractivity (Wildman–Crippen MR) is 57.8 cm³/mol. The highest BCUT2D eigenvalue weighted by Gasteiger charge is 2.23. The van der Waals surface area contributed by atoms with Crippen molar-refractivity contribution in [2.45, 2.75) is 13.0 Å². The van der Waals surface area contributed by atoms with E-state index in [4.69, 9.17) is 10.5 Å². The molecule has 0 saturated carbocycles. The Morgan fingerprint density at radius 2 is 2.38 bits per heavy atom. The van der Waals surface area contributed by atoms with Crippen molar-refractivity contribution in [2.75, 3.05) is 25.4 Å². The van der Waals surface area contributed by atoms with Gasteiger partial charge in [-0.25, -0.2) is 9.97 Å². The Kier molecular flexibility index (Phi) is 3.00. The molecule has 1 aromatic rings. The van der Waals surface area contributed by atoms with E-state index in [1.54, 1.807) is 4.90 Å². The minimum atomic E-state index is -0.123. The highest BCUT2D eigenvalue weighted by atomic mass is 16.5. The van der Waals surface area contributed by atoms with Crippen LogP contribution in [0.1, 0.15) is 17.4 Å². The first kappa shape index (κ1) is 10.8. The van der Waals surface area contributed by atoms with E-state index in [1.165, 1.54) is 12.4 Å². The van der Waals surface area contributed by atoms with Gasteiger partial charge in [-0.15, -0.1) is 0 Å². The van der Waals surface area contributed by atoms with Crippen molar-refractivity contribution in [3.8, 4) is 0 Å². The molecule has 1 saturated heterocycles. The second-order valence-corrected chi connectivity index (χ2v) is 3.76. The van der Waals surface area contributed by atoms with Crippen molar-refractivity contribution >= 4 is 11.7 Å². The van der Waals surface area contributed by atoms with E-state index in [9.17, 15) is 4.79 Å². The van der Waals surface area contributed by atoms with E-state index in [-0.39, 0.29) is 12.0 Å². The standard InChI is InChI=1S/C10H14N4O2/c1-7-6-14(2-3-16-7)10(15)8-4-13-9(11)5-12-8/h4-5,7H,2-3,6H2,1H3,(H2,11,13). The van der Waals surface area contributed by atoms with Crippen LogP contribution >= 0.6 is 0 Å². The number of morpholine rings is 1. The highest BCUT2D eigenvalue weighted by Crippen LogP contribution is 2.08. The quantitative estimate of drug-likeness (QED) is 0.718. The fraction of sp³-hybridized carbons (Fsp3) is 0.500. The van der Waals surface area contributed by atoms with Gasteiger partial charge in [0.2, 0.25) is 0 Å². The molecule has 0 aromatic carbocycles. The topological polar surface area (TPSA) is 81.3 Å². The van der Waals surface area contributed by atoms with E-state index in [0.717, 1.165) is 0 Å². The molecule has 16 heavy (non-hydrogen) atoms. The molecule has 1 amide bonds. The van der Waals surface area contributed by atoms with Gasteiger partial charge in [0.1, 0.15) is 11.5 Å². The number of aromatic nitrogens is 2. The Bertz CT molecular complexity index is 379. The first-order valence-electron chi connectivity index (χ1n) is 5.15. The fourth-order valence-corrected chi connectivity index (χ4v) is 1.61. The molecule has 6 heteroatoms. The summed E-state index contributed by atoms with van der Waals surface area (Å²) in [5.74, 6) is 0.189. The van der Waals surface area contributed by atoms with Gasteiger partial charge >= 0.3 is 0 Å². The SMILES string of the molecule is CC1CN(C(=O)c2cnc(N)cn2)CCO1. The molecule has 1 fully saturated rings. The third kappa shape index (κ3) is 2.27. The summed E-state index contributed by atoms with van der Waals surface area (Å²) in [7, 11) is 0. The van der Waals surface area contributed by atoms with Gasteiger partial charge in [0.05, 0.1) is 25.1 Å². The van der Waals surface area contributed by atoms with Crippen LogP contribution in [0.25, 0.3) is 0 Å². The maximum Gasteiger partial charge on any atom is 0.274 e. The zero-order valence-electron chi connectivity index (χ0n) is 9.09. The van der Waals surface area contributed by atoms with Crippen LogP contribution in [0.2, 0.25) is 0 Å². The number of amides is 1. The number of carbonyl (C=O) groups excluding carboxylic acids is 1. The summed E-state index contributed by atoms with van der Waals surface area (Å²) in [5.41, 5.74) is 5.73. The number of hydrogen-bond acceptors (Lipinski definition) is 5. The molecule has 0 aliphatic carbocycles. The maximum atomic E-state index is 12.0. The van der Waals surface area contributed by atoms with Crippen molar-refractivity contribution in [3.63, 3.8) is 0 Å². The van der Waals surface area contributed by atoms with Crippen LogP contribution in [0.3, 0.4) is 0 Å². The van der Waals surface area contributed by atoms with Gasteiger partial charge in [0.15, 0.2) is 0 Å². The van der Waals surface area contributed by atoms with E-state index in [2.05, 4.69) is 9.97 Å². The van der Waals surface area contributed by atoms with Gasteiger partial charge in [0.25, 0.3) is 5.91 Å². The van der Waals surface area contributed by atoms with Gasteiger partial charge < -0.3 is 15.4 Å². The fourth-order valence-electron chi connectivity index (χ4n) is 1.61. The number of rotatable bonds is 1. The number of carbonyl (C=O) groups is 1. The number of ether oxygens (including phenoxy) is 1. The summed E-state index contributed by atoms with van der Waals surface area (Å²) in [5, 5.41) is 0. The normalized spacial score (nSPS) is 20.8. The number of nitrogens with zero attached hydrogens (tertiary/aromatic N) is 3. The number of hydrogen-bond donors (Lipinski definition) is 1. The summed E-state index contributed by atoms with van der Waals surface area (Å²) < 4.78 is 5.36. The number of anilines is 1.